The Morgan fingerprint density at radius 1 is 1.00 bits per heavy atom. The Kier molecular flexibility index (Phi) is 3.82. The Bertz CT molecular complexity index is 1090. The van der Waals surface area contributed by atoms with Crippen molar-refractivity contribution in [1.82, 2.24) is 9.97 Å². The van der Waals surface area contributed by atoms with Gasteiger partial charge in [0.2, 0.25) is 0 Å². The number of rotatable bonds is 3. The lowest BCUT2D eigenvalue weighted by atomic mass is 10.0. The fourth-order valence-electron chi connectivity index (χ4n) is 2.72. The average molecular weight is 326 g/mol. The summed E-state index contributed by atoms with van der Waals surface area (Å²) in [5.41, 5.74) is 3.28. The molecule has 0 aliphatic rings. The van der Waals surface area contributed by atoms with E-state index < -0.39 is 0 Å². The Morgan fingerprint density at radius 2 is 1.80 bits per heavy atom. The van der Waals surface area contributed by atoms with E-state index in [1.54, 1.807) is 12.4 Å². The topological polar surface area (TPSA) is 58.1 Å². The molecule has 0 atom stereocenters. The van der Waals surface area contributed by atoms with Crippen molar-refractivity contribution in [3.05, 3.63) is 78.6 Å². The number of nitrogens with one attached hydrogen (secondary N) is 1. The van der Waals surface area contributed by atoms with Crippen LogP contribution in [0.15, 0.2) is 73.1 Å². The lowest BCUT2D eigenvalue weighted by Gasteiger charge is -2.11. The molecule has 4 aromatic rings. The molecular formula is C21H14N2O2. The number of aliphatic hydroxyl groups is 1. The van der Waals surface area contributed by atoms with E-state index in [0.29, 0.717) is 5.56 Å². The highest BCUT2D eigenvalue weighted by Crippen LogP contribution is 2.34. The Morgan fingerprint density at radius 3 is 2.64 bits per heavy atom. The molecular weight excluding hydrogens is 312 g/mol. The largest absolute Gasteiger partial charge is 0.462 e. The molecule has 0 radical (unpaired) electrons. The van der Waals surface area contributed by atoms with Gasteiger partial charge in [-0.05, 0) is 30.2 Å². The smallest absolute Gasteiger partial charge is 0.138 e. The number of H-pyrrole nitrogens is 1. The van der Waals surface area contributed by atoms with Crippen LogP contribution < -0.4 is 4.74 Å². The number of aromatic amines is 1. The fraction of sp³-hybridized carbons (Fsp3) is 0. The first-order valence-corrected chi connectivity index (χ1v) is 7.80. The zero-order chi connectivity index (χ0) is 17.1. The number of pyridine rings is 1. The standard InChI is InChI=1S/C21H14N2O2/c24-11-10-15-13-22-21-19(15)12-16(14-23-21)18-8-4-5-9-20(18)25-17-6-2-1-3-7-17/h1-9,12-14,24H,(H,22,23). The number of para-hydroxylation sites is 2. The molecule has 0 aliphatic heterocycles. The SMILES string of the molecule is OC#Cc1c[nH]c2ncc(-c3ccccc3Oc3ccccc3)cc12. The minimum Gasteiger partial charge on any atom is -0.462 e. The maximum absolute atomic E-state index is 8.88. The van der Waals surface area contributed by atoms with Crippen LogP contribution in [0.1, 0.15) is 5.56 Å². The van der Waals surface area contributed by atoms with Crippen LogP contribution in [0.4, 0.5) is 0 Å². The first-order valence-electron chi connectivity index (χ1n) is 7.80. The van der Waals surface area contributed by atoms with E-state index in [0.717, 1.165) is 33.7 Å². The van der Waals surface area contributed by atoms with Crippen LogP contribution in [-0.4, -0.2) is 15.1 Å². The molecule has 0 spiro atoms. The second-order valence-corrected chi connectivity index (χ2v) is 5.47. The summed E-state index contributed by atoms with van der Waals surface area (Å²) in [6, 6.07) is 19.5. The predicted octanol–water partition coefficient (Wildman–Crippen LogP) is 4.70. The lowest BCUT2D eigenvalue weighted by Crippen LogP contribution is -1.89. The van der Waals surface area contributed by atoms with Crippen LogP contribution >= 0.6 is 0 Å². The summed E-state index contributed by atoms with van der Waals surface area (Å²) in [5.74, 6) is 4.19. The number of hydrogen-bond donors (Lipinski definition) is 2. The maximum atomic E-state index is 8.88. The van der Waals surface area contributed by atoms with Gasteiger partial charge in [0.05, 0.1) is 5.56 Å². The minimum absolute atomic E-state index is 0.702. The van der Waals surface area contributed by atoms with E-state index in [9.17, 15) is 0 Å². The van der Waals surface area contributed by atoms with Gasteiger partial charge in [-0.15, -0.1) is 0 Å². The summed E-state index contributed by atoms with van der Waals surface area (Å²) < 4.78 is 6.03. The Balaban J connectivity index is 1.80. The average Bonchev–Trinajstić information content (AvgIpc) is 3.06. The van der Waals surface area contributed by atoms with Crippen molar-refractivity contribution in [3.63, 3.8) is 0 Å². The number of hydrogen-bond acceptors (Lipinski definition) is 3. The van der Waals surface area contributed by atoms with E-state index in [1.807, 2.05) is 66.8 Å². The molecule has 4 heteroatoms. The molecule has 0 unspecified atom stereocenters. The molecule has 4 rings (SSSR count). The van der Waals surface area contributed by atoms with Gasteiger partial charge in [0.1, 0.15) is 23.3 Å². The van der Waals surface area contributed by atoms with Crippen LogP contribution in [0, 0.1) is 12.0 Å². The second kappa shape index (κ2) is 6.42. The van der Waals surface area contributed by atoms with Gasteiger partial charge >= 0.3 is 0 Å². The van der Waals surface area contributed by atoms with Crippen molar-refractivity contribution in [2.75, 3.05) is 0 Å². The third kappa shape index (κ3) is 2.91. The lowest BCUT2D eigenvalue weighted by molar-refractivity contribution is 0.484. The molecule has 2 aromatic heterocycles. The Labute approximate surface area is 144 Å². The molecule has 120 valence electrons. The molecule has 0 aliphatic carbocycles. The normalized spacial score (nSPS) is 10.2. The van der Waals surface area contributed by atoms with Gasteiger partial charge in [-0.2, -0.15) is 0 Å². The quantitative estimate of drug-likeness (QED) is 0.536. The molecule has 2 aromatic carbocycles. The highest BCUT2D eigenvalue weighted by Gasteiger charge is 2.10. The van der Waals surface area contributed by atoms with E-state index >= 15 is 0 Å². The number of aliphatic hydroxyl groups excluding tert-OH is 1. The van der Waals surface area contributed by atoms with Crippen molar-refractivity contribution in [3.8, 4) is 34.7 Å². The van der Waals surface area contributed by atoms with Crippen LogP contribution in [0.25, 0.3) is 22.2 Å². The summed E-state index contributed by atoms with van der Waals surface area (Å²) in [7, 11) is 0. The van der Waals surface area contributed by atoms with Gasteiger partial charge in [0.15, 0.2) is 0 Å². The first kappa shape index (κ1) is 14.9. The first-order chi connectivity index (χ1) is 12.3. The predicted molar refractivity (Wildman–Crippen MR) is 96.9 cm³/mol. The molecule has 25 heavy (non-hydrogen) atoms. The van der Waals surface area contributed by atoms with Gasteiger partial charge in [0, 0.05) is 28.9 Å². The molecule has 0 saturated carbocycles. The van der Waals surface area contributed by atoms with Gasteiger partial charge in [-0.25, -0.2) is 4.98 Å². The number of fused-ring (bicyclic) bond motifs is 1. The molecule has 0 bridgehead atoms. The van der Waals surface area contributed by atoms with Gasteiger partial charge in [-0.3, -0.25) is 0 Å². The molecule has 0 fully saturated rings. The zero-order valence-electron chi connectivity index (χ0n) is 13.2. The van der Waals surface area contributed by atoms with Crippen molar-refractivity contribution in [2.45, 2.75) is 0 Å². The number of benzene rings is 2. The van der Waals surface area contributed by atoms with E-state index in [-0.39, 0.29) is 0 Å². The van der Waals surface area contributed by atoms with E-state index in [4.69, 9.17) is 9.84 Å². The van der Waals surface area contributed by atoms with Crippen LogP contribution in [0.2, 0.25) is 0 Å². The van der Waals surface area contributed by atoms with Gasteiger partial charge < -0.3 is 14.8 Å². The summed E-state index contributed by atoms with van der Waals surface area (Å²) in [4.78, 5) is 7.50. The zero-order valence-corrected chi connectivity index (χ0v) is 13.2. The summed E-state index contributed by atoms with van der Waals surface area (Å²) in [6.45, 7) is 0. The number of ether oxygens (including phenoxy) is 1. The molecule has 2 heterocycles. The van der Waals surface area contributed by atoms with Crippen molar-refractivity contribution < 1.29 is 9.84 Å². The number of aromatic nitrogens is 2. The van der Waals surface area contributed by atoms with Gasteiger partial charge in [0.25, 0.3) is 0 Å². The van der Waals surface area contributed by atoms with E-state index in [2.05, 4.69) is 15.9 Å². The highest BCUT2D eigenvalue weighted by atomic mass is 16.5. The fourth-order valence-corrected chi connectivity index (χ4v) is 2.72. The minimum atomic E-state index is 0.702. The van der Waals surface area contributed by atoms with Gasteiger partial charge in [-0.1, -0.05) is 36.4 Å². The number of nitrogens with zero attached hydrogens (tertiary/aromatic N) is 1. The van der Waals surface area contributed by atoms with Crippen LogP contribution in [-0.2, 0) is 0 Å². The molecule has 0 amide bonds. The van der Waals surface area contributed by atoms with Crippen LogP contribution in [0.5, 0.6) is 11.5 Å². The Hall–Kier alpha value is -3.71. The molecule has 0 saturated heterocycles. The third-order valence-corrected chi connectivity index (χ3v) is 3.89. The maximum Gasteiger partial charge on any atom is 0.138 e. The summed E-state index contributed by atoms with van der Waals surface area (Å²) in [6.07, 6.45) is 5.47. The van der Waals surface area contributed by atoms with E-state index in [1.165, 1.54) is 0 Å². The van der Waals surface area contributed by atoms with Crippen molar-refractivity contribution in [2.24, 2.45) is 0 Å². The monoisotopic (exact) mass is 326 g/mol. The molecule has 4 nitrogen and oxygen atoms in total. The summed E-state index contributed by atoms with van der Waals surface area (Å²) in [5, 5.41) is 9.73. The summed E-state index contributed by atoms with van der Waals surface area (Å²) >= 11 is 0. The third-order valence-electron chi connectivity index (χ3n) is 3.89. The highest BCUT2D eigenvalue weighted by molar-refractivity contribution is 5.88. The molecule has 2 N–H and O–H groups in total. The van der Waals surface area contributed by atoms with Crippen LogP contribution in [0.3, 0.4) is 0 Å². The van der Waals surface area contributed by atoms with Crippen molar-refractivity contribution >= 4 is 11.0 Å². The second-order valence-electron chi connectivity index (χ2n) is 5.47. The van der Waals surface area contributed by atoms with Crippen molar-refractivity contribution in [1.29, 1.82) is 0 Å².